The van der Waals surface area contributed by atoms with E-state index in [-0.39, 0.29) is 43.8 Å². The molecule has 1 aromatic heterocycles. The van der Waals surface area contributed by atoms with Crippen LogP contribution in [0.5, 0.6) is 5.75 Å². The summed E-state index contributed by atoms with van der Waals surface area (Å²) in [5.41, 5.74) is 0.788. The zero-order chi connectivity index (χ0) is 19.9. The van der Waals surface area contributed by atoms with Crippen molar-refractivity contribution in [3.05, 3.63) is 47.5 Å². The molecule has 0 radical (unpaired) electrons. The molecule has 1 amide bonds. The number of benzene rings is 1. The highest BCUT2D eigenvalue weighted by Gasteiger charge is 2.31. The lowest BCUT2D eigenvalue weighted by molar-refractivity contribution is -0.145. The minimum atomic E-state index is -0.399. The van der Waals surface area contributed by atoms with Gasteiger partial charge in [-0.2, -0.15) is 5.10 Å². The summed E-state index contributed by atoms with van der Waals surface area (Å²) in [5.74, 6) is -0.684. The fourth-order valence-corrected chi connectivity index (χ4v) is 2.91. The molecule has 1 aliphatic rings. The Kier molecular flexibility index (Phi) is 6.59. The number of carbonyl (C=O) groups excluding carboxylic acids is 2. The van der Waals surface area contributed by atoms with Gasteiger partial charge in [0, 0.05) is 12.6 Å². The largest absolute Gasteiger partial charge is 0.487 e. The Bertz CT molecular complexity index is 825. The fraction of sp³-hybridized carbons (Fsp3) is 0.421. The van der Waals surface area contributed by atoms with Gasteiger partial charge in [-0.1, -0.05) is 6.07 Å². The van der Waals surface area contributed by atoms with Gasteiger partial charge in [0.1, 0.15) is 18.2 Å². The number of morpholine rings is 1. The van der Waals surface area contributed by atoms with E-state index in [1.165, 1.54) is 12.1 Å². The third kappa shape index (κ3) is 5.07. The summed E-state index contributed by atoms with van der Waals surface area (Å²) in [7, 11) is 0. The van der Waals surface area contributed by atoms with Crippen LogP contribution in [0.4, 0.5) is 4.39 Å². The third-order valence-electron chi connectivity index (χ3n) is 4.24. The maximum Gasteiger partial charge on any atom is 0.307 e. The molecule has 2 aromatic rings. The van der Waals surface area contributed by atoms with Crippen LogP contribution in [0.25, 0.3) is 0 Å². The first-order valence-electron chi connectivity index (χ1n) is 9.03. The number of halogens is 1. The number of esters is 1. The monoisotopic (exact) mass is 391 g/mol. The number of hydrogen-bond donors (Lipinski definition) is 1. The Morgan fingerprint density at radius 3 is 3.04 bits per heavy atom. The summed E-state index contributed by atoms with van der Waals surface area (Å²) in [6, 6.07) is 6.97. The number of aromatic nitrogens is 2. The number of ether oxygens (including phenoxy) is 3. The molecule has 1 aliphatic heterocycles. The van der Waals surface area contributed by atoms with Gasteiger partial charge in [-0.15, -0.1) is 0 Å². The summed E-state index contributed by atoms with van der Waals surface area (Å²) in [5, 5.41) is 6.79. The van der Waals surface area contributed by atoms with Crippen molar-refractivity contribution in [1.82, 2.24) is 15.1 Å². The second kappa shape index (κ2) is 9.32. The molecule has 0 bridgehead atoms. The highest BCUT2D eigenvalue weighted by molar-refractivity contribution is 5.93. The molecule has 28 heavy (non-hydrogen) atoms. The Balaban J connectivity index is 1.62. The van der Waals surface area contributed by atoms with E-state index in [0.717, 1.165) is 0 Å². The molecule has 1 N–H and O–H groups in total. The first-order valence-corrected chi connectivity index (χ1v) is 9.03. The Morgan fingerprint density at radius 1 is 1.39 bits per heavy atom. The molecule has 0 saturated carbocycles. The maximum absolute atomic E-state index is 13.2. The van der Waals surface area contributed by atoms with Crippen LogP contribution in [0.3, 0.4) is 0 Å². The molecule has 1 atom stereocenters. The summed E-state index contributed by atoms with van der Waals surface area (Å²) in [6.45, 7) is 3.16. The minimum Gasteiger partial charge on any atom is -0.487 e. The Hall–Kier alpha value is -2.94. The van der Waals surface area contributed by atoms with Gasteiger partial charge in [-0.05, 0) is 25.1 Å². The number of H-pyrrole nitrogens is 1. The smallest absolute Gasteiger partial charge is 0.307 e. The Labute approximate surface area is 161 Å². The molecule has 0 unspecified atom stereocenters. The number of nitrogens with zero attached hydrogens (tertiary/aromatic N) is 2. The number of rotatable bonds is 7. The van der Waals surface area contributed by atoms with E-state index in [2.05, 4.69) is 10.2 Å². The van der Waals surface area contributed by atoms with Gasteiger partial charge in [-0.3, -0.25) is 14.7 Å². The first kappa shape index (κ1) is 19.8. The maximum atomic E-state index is 13.2. The van der Waals surface area contributed by atoms with Crippen LogP contribution in [-0.4, -0.2) is 59.4 Å². The standard InChI is InChI=1S/C19H22FN3O5/c1-2-27-18(24)10-15-12-26-7-6-23(15)19(25)17-9-14(21-22-17)11-28-16-5-3-4-13(20)8-16/h3-5,8-9,15H,2,6-7,10-12H2,1H3,(H,21,22)/t15-/m1/s1. The van der Waals surface area contributed by atoms with Gasteiger partial charge in [0.2, 0.25) is 0 Å². The second-order valence-electron chi connectivity index (χ2n) is 6.26. The van der Waals surface area contributed by atoms with Gasteiger partial charge in [0.25, 0.3) is 5.91 Å². The number of carbonyl (C=O) groups is 2. The number of aromatic amines is 1. The normalized spacial score (nSPS) is 16.6. The van der Waals surface area contributed by atoms with Crippen LogP contribution in [0, 0.1) is 5.82 Å². The number of hydrogen-bond acceptors (Lipinski definition) is 6. The summed E-state index contributed by atoms with van der Waals surface area (Å²) >= 11 is 0. The van der Waals surface area contributed by atoms with Crippen molar-refractivity contribution in [2.75, 3.05) is 26.4 Å². The predicted octanol–water partition coefficient (Wildman–Crippen LogP) is 1.92. The van der Waals surface area contributed by atoms with Crippen molar-refractivity contribution in [2.24, 2.45) is 0 Å². The molecular formula is C19H22FN3O5. The lowest BCUT2D eigenvalue weighted by Gasteiger charge is -2.34. The van der Waals surface area contributed by atoms with E-state index in [4.69, 9.17) is 14.2 Å². The zero-order valence-corrected chi connectivity index (χ0v) is 15.5. The first-order chi connectivity index (χ1) is 13.6. The van der Waals surface area contributed by atoms with Crippen LogP contribution < -0.4 is 4.74 Å². The lowest BCUT2D eigenvalue weighted by Crippen LogP contribution is -2.49. The predicted molar refractivity (Wildman–Crippen MR) is 96.2 cm³/mol. The van der Waals surface area contributed by atoms with Gasteiger partial charge in [0.15, 0.2) is 5.69 Å². The average Bonchev–Trinajstić information content (AvgIpc) is 3.16. The average molecular weight is 391 g/mol. The van der Waals surface area contributed by atoms with Crippen molar-refractivity contribution in [3.63, 3.8) is 0 Å². The molecule has 2 heterocycles. The van der Waals surface area contributed by atoms with E-state index in [0.29, 0.717) is 24.6 Å². The Morgan fingerprint density at radius 2 is 2.25 bits per heavy atom. The van der Waals surface area contributed by atoms with Gasteiger partial charge in [0.05, 0.1) is 38.0 Å². The quantitative estimate of drug-likeness (QED) is 0.725. The molecule has 1 fully saturated rings. The molecule has 3 rings (SSSR count). The molecule has 0 spiro atoms. The van der Waals surface area contributed by atoms with Crippen molar-refractivity contribution >= 4 is 11.9 Å². The summed E-state index contributed by atoms with van der Waals surface area (Å²) in [4.78, 5) is 26.2. The van der Waals surface area contributed by atoms with E-state index >= 15 is 0 Å². The summed E-state index contributed by atoms with van der Waals surface area (Å²) < 4.78 is 29.1. The molecule has 1 saturated heterocycles. The highest BCUT2D eigenvalue weighted by atomic mass is 19.1. The van der Waals surface area contributed by atoms with Crippen molar-refractivity contribution < 1.29 is 28.2 Å². The van der Waals surface area contributed by atoms with E-state index in [1.54, 1.807) is 30.0 Å². The fourth-order valence-electron chi connectivity index (χ4n) is 2.91. The molecule has 9 heteroatoms. The van der Waals surface area contributed by atoms with Gasteiger partial charge < -0.3 is 19.1 Å². The van der Waals surface area contributed by atoms with Crippen LogP contribution in [0.2, 0.25) is 0 Å². The highest BCUT2D eigenvalue weighted by Crippen LogP contribution is 2.17. The topological polar surface area (TPSA) is 93.8 Å². The van der Waals surface area contributed by atoms with E-state index in [1.807, 2.05) is 0 Å². The molecule has 8 nitrogen and oxygen atoms in total. The second-order valence-corrected chi connectivity index (χ2v) is 6.26. The van der Waals surface area contributed by atoms with Gasteiger partial charge in [-0.25, -0.2) is 4.39 Å². The number of amides is 1. The van der Waals surface area contributed by atoms with E-state index < -0.39 is 11.9 Å². The minimum absolute atomic E-state index is 0.0690. The van der Waals surface area contributed by atoms with Crippen molar-refractivity contribution in [1.29, 1.82) is 0 Å². The van der Waals surface area contributed by atoms with Crippen LogP contribution >= 0.6 is 0 Å². The molecular weight excluding hydrogens is 369 g/mol. The lowest BCUT2D eigenvalue weighted by atomic mass is 10.1. The van der Waals surface area contributed by atoms with Crippen molar-refractivity contribution in [3.8, 4) is 5.75 Å². The third-order valence-corrected chi connectivity index (χ3v) is 4.24. The molecule has 1 aromatic carbocycles. The summed E-state index contributed by atoms with van der Waals surface area (Å²) in [6.07, 6.45) is 0.0690. The molecule has 0 aliphatic carbocycles. The SMILES string of the molecule is CCOC(=O)C[C@@H]1COCCN1C(=O)c1cc(COc2cccc(F)c2)[nH]n1. The number of nitrogens with one attached hydrogen (secondary N) is 1. The molecule has 150 valence electrons. The van der Waals surface area contributed by atoms with Crippen LogP contribution in [-0.2, 0) is 20.9 Å². The van der Waals surface area contributed by atoms with Gasteiger partial charge >= 0.3 is 5.97 Å². The van der Waals surface area contributed by atoms with Crippen molar-refractivity contribution in [2.45, 2.75) is 26.0 Å². The van der Waals surface area contributed by atoms with E-state index in [9.17, 15) is 14.0 Å². The van der Waals surface area contributed by atoms with Crippen LogP contribution in [0.15, 0.2) is 30.3 Å². The zero-order valence-electron chi connectivity index (χ0n) is 15.5. The van der Waals surface area contributed by atoms with Crippen LogP contribution in [0.1, 0.15) is 29.5 Å².